The van der Waals surface area contributed by atoms with E-state index in [4.69, 9.17) is 0 Å². The normalized spacial score (nSPS) is 11.7. The van der Waals surface area contributed by atoms with Gasteiger partial charge in [0.05, 0.1) is 11.4 Å². The van der Waals surface area contributed by atoms with Crippen LogP contribution in [0, 0.1) is 0 Å². The van der Waals surface area contributed by atoms with Crippen LogP contribution in [0.1, 0.15) is 0 Å². The molecule has 0 spiro atoms. The summed E-state index contributed by atoms with van der Waals surface area (Å²) in [6.07, 6.45) is 0. The molecule has 8 nitrogen and oxygen atoms in total. The quantitative estimate of drug-likeness (QED) is 0.194. The third-order valence-electron chi connectivity index (χ3n) is 5.34. The molecule has 4 aromatic carbocycles. The molecule has 0 aliphatic carbocycles. The number of aliphatic carboxylic acids is 2. The lowest BCUT2D eigenvalue weighted by molar-refractivity contribution is -0.136. The maximum absolute atomic E-state index is 11.9. The molecule has 36 heavy (non-hydrogen) atoms. The summed E-state index contributed by atoms with van der Waals surface area (Å²) in [6, 6.07) is 27.8. The third-order valence-corrected chi connectivity index (χ3v) is 7.07. The van der Waals surface area contributed by atoms with Gasteiger partial charge in [0, 0.05) is 15.7 Å². The number of carboxylic acid groups (broad SMARTS) is 2. The van der Waals surface area contributed by atoms with Crippen LogP contribution in [-0.4, -0.2) is 44.0 Å². The van der Waals surface area contributed by atoms with Crippen LogP contribution in [0.5, 0.6) is 0 Å². The van der Waals surface area contributed by atoms with Gasteiger partial charge in [-0.2, -0.15) is 0 Å². The molecule has 4 rings (SSSR count). The van der Waals surface area contributed by atoms with Gasteiger partial charge in [0.25, 0.3) is 11.3 Å². The lowest BCUT2D eigenvalue weighted by Crippen LogP contribution is -2.31. The number of nitrogens with zero attached hydrogens (tertiary/aromatic N) is 2. The molecule has 184 valence electrons. The van der Waals surface area contributed by atoms with Crippen LogP contribution in [0.25, 0.3) is 21.9 Å². The Hall–Kier alpha value is -3.86. The first-order valence-corrected chi connectivity index (χ1v) is 12.6. The van der Waals surface area contributed by atoms with E-state index in [9.17, 15) is 28.6 Å². The van der Waals surface area contributed by atoms with Gasteiger partial charge in [0.1, 0.15) is 13.1 Å². The number of hydrogen-bond donors (Lipinski definition) is 3. The fraction of sp³-hybridized carbons (Fsp3) is 0.0769. The Bertz CT molecular complexity index is 1410. The molecule has 1 unspecified atom stereocenters. The van der Waals surface area contributed by atoms with E-state index in [1.807, 2.05) is 54.6 Å². The summed E-state index contributed by atoms with van der Waals surface area (Å²) in [5.41, 5.74) is 2.94. The van der Waals surface area contributed by atoms with Crippen molar-refractivity contribution in [2.45, 2.75) is 4.90 Å². The maximum atomic E-state index is 11.9. The molecule has 0 aromatic heterocycles. The zero-order valence-electron chi connectivity index (χ0n) is 18.9. The second-order valence-corrected chi connectivity index (χ2v) is 9.72. The van der Waals surface area contributed by atoms with Gasteiger partial charge in [-0.1, -0.05) is 66.7 Å². The number of carbonyl (C=O) groups is 2. The van der Waals surface area contributed by atoms with Crippen LogP contribution in [0.15, 0.2) is 95.9 Å². The summed E-state index contributed by atoms with van der Waals surface area (Å²) in [7, 11) is 0. The van der Waals surface area contributed by atoms with Gasteiger partial charge in [-0.25, -0.2) is 4.21 Å². The lowest BCUT2D eigenvalue weighted by Gasteiger charge is -2.26. The molecule has 0 aliphatic rings. The van der Waals surface area contributed by atoms with Gasteiger partial charge in [0.15, 0.2) is 0 Å². The van der Waals surface area contributed by atoms with Crippen LogP contribution in [-0.2, 0) is 20.9 Å². The third kappa shape index (κ3) is 5.85. The Morgan fingerprint density at radius 2 is 1.22 bits per heavy atom. The van der Waals surface area contributed by atoms with Crippen LogP contribution < -0.4 is 8.61 Å². The van der Waals surface area contributed by atoms with Crippen LogP contribution in [0.4, 0.5) is 11.4 Å². The number of carboxylic acids is 2. The summed E-state index contributed by atoms with van der Waals surface area (Å²) in [5, 5.41) is 19.9. The first-order chi connectivity index (χ1) is 17.3. The highest BCUT2D eigenvalue weighted by atomic mass is 32.2. The van der Waals surface area contributed by atoms with Gasteiger partial charge < -0.3 is 14.5 Å². The van der Waals surface area contributed by atoms with Gasteiger partial charge in [-0.15, -0.1) is 0 Å². The summed E-state index contributed by atoms with van der Waals surface area (Å²) >= 11 is -1.31. The first-order valence-electron chi connectivity index (χ1n) is 10.8. The monoisotopic (exact) mass is 522 g/mol. The van der Waals surface area contributed by atoms with Crippen LogP contribution >= 0.6 is 11.9 Å². The molecule has 10 heteroatoms. The Balaban J connectivity index is 1.72. The Morgan fingerprint density at radius 1 is 0.694 bits per heavy atom. The molecule has 0 amide bonds. The molecule has 1 atom stereocenters. The zero-order chi connectivity index (χ0) is 25.7. The Kier molecular flexibility index (Phi) is 7.89. The molecule has 0 saturated heterocycles. The number of hydrogen-bond acceptors (Lipinski definition) is 5. The largest absolute Gasteiger partial charge is 0.480 e. The summed E-state index contributed by atoms with van der Waals surface area (Å²) in [4.78, 5) is 23.8. The van der Waals surface area contributed by atoms with Crippen molar-refractivity contribution < 1.29 is 28.6 Å². The van der Waals surface area contributed by atoms with Crippen molar-refractivity contribution in [1.29, 1.82) is 0 Å². The van der Waals surface area contributed by atoms with E-state index in [0.29, 0.717) is 16.5 Å². The van der Waals surface area contributed by atoms with Crippen molar-refractivity contribution in [2.24, 2.45) is 0 Å². The average Bonchev–Trinajstić information content (AvgIpc) is 2.87. The van der Waals surface area contributed by atoms with Crippen molar-refractivity contribution in [2.75, 3.05) is 21.7 Å². The standard InChI is InChI=1S/C26H22N2O6S2/c29-25(30)16-27(35-20-12-10-19(11-13-20)18-6-2-1-3-7-18)23-14-15-24(22-9-5-4-8-21(22)23)28(36(33)34)17-26(31)32/h1-15H,16-17H2,(H,29,30)(H,31,32)(H,33,34). The minimum absolute atomic E-state index is 0.255. The molecule has 0 saturated carbocycles. The molecule has 4 aromatic rings. The van der Waals surface area contributed by atoms with E-state index in [-0.39, 0.29) is 12.2 Å². The average molecular weight is 523 g/mol. The number of anilines is 2. The fourth-order valence-electron chi connectivity index (χ4n) is 3.81. The highest BCUT2D eigenvalue weighted by Gasteiger charge is 2.22. The van der Waals surface area contributed by atoms with E-state index >= 15 is 0 Å². The Morgan fingerprint density at radius 3 is 1.81 bits per heavy atom. The van der Waals surface area contributed by atoms with Gasteiger partial charge in [0.2, 0.25) is 0 Å². The zero-order valence-corrected chi connectivity index (χ0v) is 20.5. The molecular weight excluding hydrogens is 500 g/mol. The van der Waals surface area contributed by atoms with Crippen molar-refractivity contribution in [3.63, 3.8) is 0 Å². The molecule has 0 bridgehead atoms. The molecule has 0 aliphatic heterocycles. The first kappa shape index (κ1) is 25.2. The van der Waals surface area contributed by atoms with Crippen molar-refractivity contribution >= 4 is 57.3 Å². The van der Waals surface area contributed by atoms with Gasteiger partial charge in [-0.3, -0.25) is 18.4 Å². The van der Waals surface area contributed by atoms with E-state index in [2.05, 4.69) is 0 Å². The smallest absolute Gasteiger partial charge is 0.324 e. The van der Waals surface area contributed by atoms with E-state index in [1.165, 1.54) is 18.0 Å². The van der Waals surface area contributed by atoms with Crippen molar-refractivity contribution in [3.05, 3.63) is 91.0 Å². The number of fused-ring (bicyclic) bond motifs is 1. The van der Waals surface area contributed by atoms with E-state index in [1.54, 1.807) is 34.6 Å². The topological polar surface area (TPSA) is 118 Å². The molecular formula is C26H22N2O6S2. The SMILES string of the molecule is O=C(O)CN(Sc1ccc(-c2ccccc2)cc1)c1ccc(N(CC(=O)O)S(=O)O)c2ccccc12. The summed E-state index contributed by atoms with van der Waals surface area (Å²) in [5.74, 6) is -2.28. The summed E-state index contributed by atoms with van der Waals surface area (Å²) < 4.78 is 24.1. The van der Waals surface area contributed by atoms with Crippen molar-refractivity contribution in [1.82, 2.24) is 0 Å². The van der Waals surface area contributed by atoms with Gasteiger partial charge >= 0.3 is 11.9 Å². The Labute approximate surface area is 214 Å². The number of rotatable bonds is 10. The molecule has 0 fully saturated rings. The van der Waals surface area contributed by atoms with E-state index < -0.39 is 29.7 Å². The van der Waals surface area contributed by atoms with Crippen LogP contribution in [0.2, 0.25) is 0 Å². The second-order valence-electron chi connectivity index (χ2n) is 7.72. The summed E-state index contributed by atoms with van der Waals surface area (Å²) in [6.45, 7) is -0.979. The minimum atomic E-state index is -2.57. The van der Waals surface area contributed by atoms with Gasteiger partial charge in [-0.05, 0) is 47.3 Å². The number of benzene rings is 4. The maximum Gasteiger partial charge on any atom is 0.324 e. The lowest BCUT2D eigenvalue weighted by atomic mass is 10.1. The predicted octanol–water partition coefficient (Wildman–Crippen LogP) is 5.13. The second kappa shape index (κ2) is 11.3. The highest BCUT2D eigenvalue weighted by molar-refractivity contribution is 8.00. The molecule has 0 radical (unpaired) electrons. The van der Waals surface area contributed by atoms with Crippen LogP contribution in [0.3, 0.4) is 0 Å². The predicted molar refractivity (Wildman–Crippen MR) is 142 cm³/mol. The van der Waals surface area contributed by atoms with Crippen molar-refractivity contribution in [3.8, 4) is 11.1 Å². The fourth-order valence-corrected chi connectivity index (χ4v) is 5.30. The van der Waals surface area contributed by atoms with E-state index in [0.717, 1.165) is 20.3 Å². The minimum Gasteiger partial charge on any atom is -0.480 e. The highest BCUT2D eigenvalue weighted by Crippen LogP contribution is 2.39. The molecule has 0 heterocycles. The molecule has 3 N–H and O–H groups in total.